The van der Waals surface area contributed by atoms with E-state index in [0.29, 0.717) is 12.6 Å². The van der Waals surface area contributed by atoms with E-state index in [4.69, 9.17) is 0 Å². The van der Waals surface area contributed by atoms with Crippen LogP contribution in [0, 0.1) is 6.92 Å². The fourth-order valence-corrected chi connectivity index (χ4v) is 2.59. The van der Waals surface area contributed by atoms with Crippen LogP contribution in [0.5, 0.6) is 0 Å². The van der Waals surface area contributed by atoms with Gasteiger partial charge in [-0.1, -0.05) is 0 Å². The zero-order valence-corrected chi connectivity index (χ0v) is 11.9. The average molecular weight is 265 g/mol. The summed E-state index contributed by atoms with van der Waals surface area (Å²) < 4.78 is 1.69. The van der Waals surface area contributed by atoms with Gasteiger partial charge in [-0.25, -0.2) is 4.79 Å². The number of nitrogens with zero attached hydrogens (tertiary/aromatic N) is 3. The van der Waals surface area contributed by atoms with Crippen molar-refractivity contribution < 1.29 is 4.79 Å². The van der Waals surface area contributed by atoms with Gasteiger partial charge in [0.2, 0.25) is 0 Å². The standard InChI is InChI=1S/C13H23N5O/c1-10-12(9-18(3)16-10)15-13(19)14-7-6-11-5-4-8-17(11)2/h9,11H,4-8H2,1-3H3,(H2,14,15,19)/t11-/m1/s1. The summed E-state index contributed by atoms with van der Waals surface area (Å²) in [6.45, 7) is 3.76. The lowest BCUT2D eigenvalue weighted by Gasteiger charge is -2.19. The van der Waals surface area contributed by atoms with Crippen molar-refractivity contribution in [3.05, 3.63) is 11.9 Å². The molecular weight excluding hydrogens is 242 g/mol. The van der Waals surface area contributed by atoms with Crippen molar-refractivity contribution in [1.29, 1.82) is 0 Å². The Hall–Kier alpha value is -1.56. The molecule has 0 aromatic carbocycles. The summed E-state index contributed by atoms with van der Waals surface area (Å²) >= 11 is 0. The lowest BCUT2D eigenvalue weighted by atomic mass is 10.1. The van der Waals surface area contributed by atoms with Gasteiger partial charge in [0.1, 0.15) is 0 Å². The highest BCUT2D eigenvalue weighted by Gasteiger charge is 2.20. The second-order valence-electron chi connectivity index (χ2n) is 5.25. The quantitative estimate of drug-likeness (QED) is 0.863. The van der Waals surface area contributed by atoms with E-state index < -0.39 is 0 Å². The van der Waals surface area contributed by atoms with Crippen molar-refractivity contribution in [2.24, 2.45) is 7.05 Å². The molecular formula is C13H23N5O. The van der Waals surface area contributed by atoms with Gasteiger partial charge in [-0.15, -0.1) is 0 Å². The number of urea groups is 1. The van der Waals surface area contributed by atoms with E-state index >= 15 is 0 Å². The van der Waals surface area contributed by atoms with E-state index in [1.54, 1.807) is 10.9 Å². The van der Waals surface area contributed by atoms with Gasteiger partial charge in [-0.05, 0) is 39.8 Å². The second-order valence-corrected chi connectivity index (χ2v) is 5.25. The van der Waals surface area contributed by atoms with Gasteiger partial charge < -0.3 is 15.5 Å². The number of carbonyl (C=O) groups is 1. The van der Waals surface area contributed by atoms with Crippen LogP contribution in [-0.4, -0.2) is 46.9 Å². The predicted molar refractivity (Wildman–Crippen MR) is 75.2 cm³/mol. The SMILES string of the molecule is Cc1nn(C)cc1NC(=O)NCC[C@H]1CCCN1C. The van der Waals surface area contributed by atoms with Crippen molar-refractivity contribution in [3.63, 3.8) is 0 Å². The zero-order valence-electron chi connectivity index (χ0n) is 11.9. The maximum atomic E-state index is 11.8. The van der Waals surface area contributed by atoms with Gasteiger partial charge in [0.15, 0.2) is 0 Å². The number of aromatic nitrogens is 2. The highest BCUT2D eigenvalue weighted by atomic mass is 16.2. The summed E-state index contributed by atoms with van der Waals surface area (Å²) in [5.74, 6) is 0. The fraction of sp³-hybridized carbons (Fsp3) is 0.692. The molecule has 1 saturated heterocycles. The molecule has 6 heteroatoms. The molecule has 1 atom stereocenters. The first-order valence-electron chi connectivity index (χ1n) is 6.81. The molecule has 1 aliphatic heterocycles. The predicted octanol–water partition coefficient (Wildman–Crippen LogP) is 1.33. The number of nitrogens with one attached hydrogen (secondary N) is 2. The number of carbonyl (C=O) groups excluding carboxylic acids is 1. The highest BCUT2D eigenvalue weighted by molar-refractivity contribution is 5.89. The smallest absolute Gasteiger partial charge is 0.319 e. The van der Waals surface area contributed by atoms with Crippen LogP contribution < -0.4 is 10.6 Å². The van der Waals surface area contributed by atoms with E-state index in [1.807, 2.05) is 14.0 Å². The molecule has 2 amide bonds. The molecule has 106 valence electrons. The van der Waals surface area contributed by atoms with E-state index in [-0.39, 0.29) is 6.03 Å². The summed E-state index contributed by atoms with van der Waals surface area (Å²) in [6, 6.07) is 0.456. The number of amides is 2. The molecule has 1 aromatic heterocycles. The first kappa shape index (κ1) is 13.9. The Morgan fingerprint density at radius 2 is 2.32 bits per heavy atom. The number of likely N-dealkylation sites (tertiary alicyclic amines) is 1. The van der Waals surface area contributed by atoms with Crippen molar-refractivity contribution in [1.82, 2.24) is 20.0 Å². The van der Waals surface area contributed by atoms with Crippen LogP contribution >= 0.6 is 0 Å². The fourth-order valence-electron chi connectivity index (χ4n) is 2.59. The first-order chi connectivity index (χ1) is 9.06. The van der Waals surface area contributed by atoms with Crippen LogP contribution in [0.2, 0.25) is 0 Å². The molecule has 1 aliphatic rings. The molecule has 0 bridgehead atoms. The van der Waals surface area contributed by atoms with Crippen LogP contribution in [-0.2, 0) is 7.05 Å². The van der Waals surface area contributed by atoms with Crippen LogP contribution in [0.3, 0.4) is 0 Å². The summed E-state index contributed by atoms with van der Waals surface area (Å²) in [5, 5.41) is 9.91. The van der Waals surface area contributed by atoms with Crippen LogP contribution in [0.15, 0.2) is 6.20 Å². The minimum Gasteiger partial charge on any atom is -0.338 e. The van der Waals surface area contributed by atoms with Crippen LogP contribution in [0.25, 0.3) is 0 Å². The first-order valence-corrected chi connectivity index (χ1v) is 6.81. The Labute approximate surface area is 114 Å². The molecule has 6 nitrogen and oxygen atoms in total. The normalized spacial score (nSPS) is 19.6. The van der Waals surface area contributed by atoms with Gasteiger partial charge >= 0.3 is 6.03 Å². The van der Waals surface area contributed by atoms with Crippen molar-refractivity contribution in [2.45, 2.75) is 32.2 Å². The van der Waals surface area contributed by atoms with Crippen molar-refractivity contribution in [2.75, 3.05) is 25.5 Å². The number of rotatable bonds is 4. The summed E-state index contributed by atoms with van der Waals surface area (Å²) in [4.78, 5) is 14.1. The summed E-state index contributed by atoms with van der Waals surface area (Å²) in [6.07, 6.45) is 5.32. The molecule has 2 heterocycles. The third-order valence-electron chi connectivity index (χ3n) is 3.70. The number of hydrogen-bond donors (Lipinski definition) is 2. The van der Waals surface area contributed by atoms with Gasteiger partial charge in [0, 0.05) is 25.8 Å². The minimum atomic E-state index is -0.156. The molecule has 0 spiro atoms. The zero-order chi connectivity index (χ0) is 13.8. The molecule has 0 radical (unpaired) electrons. The molecule has 0 saturated carbocycles. The third-order valence-corrected chi connectivity index (χ3v) is 3.70. The van der Waals surface area contributed by atoms with Crippen molar-refractivity contribution in [3.8, 4) is 0 Å². The Balaban J connectivity index is 1.71. The molecule has 0 aliphatic carbocycles. The minimum absolute atomic E-state index is 0.156. The van der Waals surface area contributed by atoms with Gasteiger partial charge in [0.25, 0.3) is 0 Å². The maximum absolute atomic E-state index is 11.8. The van der Waals surface area contributed by atoms with E-state index in [9.17, 15) is 4.79 Å². The van der Waals surface area contributed by atoms with Gasteiger partial charge in [-0.2, -0.15) is 5.10 Å². The molecule has 0 unspecified atom stereocenters. The Kier molecular flexibility index (Phi) is 4.42. The Morgan fingerprint density at radius 3 is 2.89 bits per heavy atom. The number of hydrogen-bond acceptors (Lipinski definition) is 3. The molecule has 19 heavy (non-hydrogen) atoms. The average Bonchev–Trinajstić information content (AvgIpc) is 2.86. The monoisotopic (exact) mass is 265 g/mol. The highest BCUT2D eigenvalue weighted by Crippen LogP contribution is 2.17. The van der Waals surface area contributed by atoms with E-state index in [0.717, 1.165) is 17.8 Å². The summed E-state index contributed by atoms with van der Waals surface area (Å²) in [5.41, 5.74) is 1.59. The second kappa shape index (κ2) is 6.06. The number of aryl methyl sites for hydroxylation is 2. The number of anilines is 1. The lowest BCUT2D eigenvalue weighted by molar-refractivity contribution is 0.248. The molecule has 2 rings (SSSR count). The van der Waals surface area contributed by atoms with Gasteiger partial charge in [-0.3, -0.25) is 4.68 Å². The molecule has 1 fully saturated rings. The maximum Gasteiger partial charge on any atom is 0.319 e. The van der Waals surface area contributed by atoms with Crippen molar-refractivity contribution >= 4 is 11.7 Å². The van der Waals surface area contributed by atoms with Crippen LogP contribution in [0.1, 0.15) is 25.0 Å². The van der Waals surface area contributed by atoms with E-state index in [2.05, 4.69) is 27.7 Å². The lowest BCUT2D eigenvalue weighted by Crippen LogP contribution is -2.34. The largest absolute Gasteiger partial charge is 0.338 e. The summed E-state index contributed by atoms with van der Waals surface area (Å²) in [7, 11) is 3.99. The van der Waals surface area contributed by atoms with E-state index in [1.165, 1.54) is 19.4 Å². The topological polar surface area (TPSA) is 62.2 Å². The van der Waals surface area contributed by atoms with Gasteiger partial charge in [0.05, 0.1) is 11.4 Å². The molecule has 1 aromatic rings. The Morgan fingerprint density at radius 1 is 1.53 bits per heavy atom. The Bertz CT molecular complexity index is 442. The van der Waals surface area contributed by atoms with Crippen LogP contribution in [0.4, 0.5) is 10.5 Å². The third kappa shape index (κ3) is 3.70. The molecule has 2 N–H and O–H groups in total.